The van der Waals surface area contributed by atoms with Crippen molar-refractivity contribution < 1.29 is 32.2 Å². The first-order valence-corrected chi connectivity index (χ1v) is 6.15. The van der Waals surface area contributed by atoms with E-state index < -0.39 is 34.4 Å². The van der Waals surface area contributed by atoms with Gasteiger partial charge in [-0.25, -0.2) is 4.18 Å². The van der Waals surface area contributed by atoms with Gasteiger partial charge in [0.2, 0.25) is 5.91 Å². The summed E-state index contributed by atoms with van der Waals surface area (Å²) >= 11 is 0. The smallest absolute Gasteiger partial charge is 0.396 e. The summed E-state index contributed by atoms with van der Waals surface area (Å²) in [5.41, 5.74) is -1.01. The third-order valence-corrected chi connectivity index (χ3v) is 2.49. The third-order valence-electron chi connectivity index (χ3n) is 2.03. The van der Waals surface area contributed by atoms with Gasteiger partial charge in [-0.05, 0) is 0 Å². The minimum Gasteiger partial charge on any atom is -0.396 e. The lowest BCUT2D eigenvalue weighted by atomic mass is 9.87. The van der Waals surface area contributed by atoms with E-state index in [1.807, 2.05) is 0 Å². The number of rotatable bonds is 7. The Morgan fingerprint density at radius 3 is 2.41 bits per heavy atom. The Bertz CT molecular complexity index is 351. The Morgan fingerprint density at radius 2 is 2.00 bits per heavy atom. The molecule has 1 unspecified atom stereocenters. The lowest BCUT2D eigenvalue weighted by molar-refractivity contribution is -0.137. The van der Waals surface area contributed by atoms with Crippen molar-refractivity contribution in [3.05, 3.63) is 0 Å². The maximum Gasteiger partial charge on any atom is 0.397 e. The minimum atomic E-state index is -4.53. The van der Waals surface area contributed by atoms with E-state index in [4.69, 9.17) is 9.66 Å². The molecular weight excluding hydrogens is 254 g/mol. The maximum atomic E-state index is 11.3. The third kappa shape index (κ3) is 6.54. The molecule has 0 saturated carbocycles. The molecular formula is C8H17NO7S. The molecule has 1 amide bonds. The molecule has 0 bridgehead atoms. The van der Waals surface area contributed by atoms with Gasteiger partial charge in [0, 0.05) is 12.0 Å². The van der Waals surface area contributed by atoms with Crippen molar-refractivity contribution in [1.82, 2.24) is 5.32 Å². The Labute approximate surface area is 99.5 Å². The topological polar surface area (TPSA) is 133 Å². The van der Waals surface area contributed by atoms with E-state index >= 15 is 0 Å². The summed E-state index contributed by atoms with van der Waals surface area (Å²) in [5.74, 6) is -0.761. The molecule has 0 saturated heterocycles. The first kappa shape index (κ1) is 16.3. The molecule has 0 aromatic carbocycles. The van der Waals surface area contributed by atoms with Crippen molar-refractivity contribution in [1.29, 1.82) is 0 Å². The zero-order valence-corrected chi connectivity index (χ0v) is 10.4. The zero-order chi connectivity index (χ0) is 13.7. The van der Waals surface area contributed by atoms with E-state index in [0.717, 1.165) is 0 Å². The van der Waals surface area contributed by atoms with E-state index in [2.05, 4.69) is 9.50 Å². The number of hydrogen-bond acceptors (Lipinski definition) is 6. The summed E-state index contributed by atoms with van der Waals surface area (Å²) in [7, 11) is -4.53. The van der Waals surface area contributed by atoms with Crippen LogP contribution in [-0.4, -0.2) is 55.0 Å². The fourth-order valence-electron chi connectivity index (χ4n) is 0.859. The second-order valence-corrected chi connectivity index (χ2v) is 5.18. The predicted molar refractivity (Wildman–Crippen MR) is 57.4 cm³/mol. The largest absolute Gasteiger partial charge is 0.397 e. The second kappa shape index (κ2) is 6.26. The maximum absolute atomic E-state index is 11.3. The fraction of sp³-hybridized carbons (Fsp3) is 0.875. The van der Waals surface area contributed by atoms with Crippen molar-refractivity contribution in [2.24, 2.45) is 5.41 Å². The SMILES string of the molecule is CC(C)(CO)C(O)C(=O)NCCOS(=O)(=O)O. The molecule has 0 aliphatic heterocycles. The molecule has 0 radical (unpaired) electrons. The summed E-state index contributed by atoms with van der Waals surface area (Å²) in [6.07, 6.45) is -1.43. The molecule has 8 nitrogen and oxygen atoms in total. The van der Waals surface area contributed by atoms with Crippen LogP contribution in [0.5, 0.6) is 0 Å². The van der Waals surface area contributed by atoms with Gasteiger partial charge in [0.1, 0.15) is 6.10 Å². The summed E-state index contributed by atoms with van der Waals surface area (Å²) in [6.45, 7) is 1.95. The van der Waals surface area contributed by atoms with E-state index in [0.29, 0.717) is 0 Å². The molecule has 1 atom stereocenters. The number of amides is 1. The van der Waals surface area contributed by atoms with Crippen LogP contribution in [0.2, 0.25) is 0 Å². The van der Waals surface area contributed by atoms with E-state index in [1.54, 1.807) is 0 Å². The number of aliphatic hydroxyl groups is 2. The van der Waals surface area contributed by atoms with Crippen molar-refractivity contribution in [2.45, 2.75) is 20.0 Å². The molecule has 0 spiro atoms. The van der Waals surface area contributed by atoms with Gasteiger partial charge in [-0.3, -0.25) is 9.35 Å². The Kier molecular flexibility index (Phi) is 5.99. The van der Waals surface area contributed by atoms with Gasteiger partial charge in [-0.15, -0.1) is 0 Å². The molecule has 0 fully saturated rings. The van der Waals surface area contributed by atoms with E-state index in [1.165, 1.54) is 13.8 Å². The average molecular weight is 271 g/mol. The molecule has 0 rings (SSSR count). The highest BCUT2D eigenvalue weighted by atomic mass is 32.3. The van der Waals surface area contributed by atoms with Crippen LogP contribution in [-0.2, 0) is 19.4 Å². The number of hydrogen-bond donors (Lipinski definition) is 4. The molecule has 0 aromatic heterocycles. The molecule has 0 aliphatic rings. The minimum absolute atomic E-state index is 0.197. The highest BCUT2D eigenvalue weighted by Gasteiger charge is 2.32. The molecule has 17 heavy (non-hydrogen) atoms. The van der Waals surface area contributed by atoms with Crippen LogP contribution in [0.3, 0.4) is 0 Å². The van der Waals surface area contributed by atoms with Crippen LogP contribution >= 0.6 is 0 Å². The van der Waals surface area contributed by atoms with Crippen LogP contribution in [0.15, 0.2) is 0 Å². The Hall–Kier alpha value is -0.740. The van der Waals surface area contributed by atoms with Crippen LogP contribution in [0, 0.1) is 5.41 Å². The van der Waals surface area contributed by atoms with Crippen LogP contribution in [0.1, 0.15) is 13.8 Å². The molecule has 0 aromatic rings. The standard InChI is InChI=1S/C8H17NO7S/c1-8(2,5-10)6(11)7(12)9-3-4-16-17(13,14)15/h6,10-11H,3-5H2,1-2H3,(H,9,12)(H,13,14,15). The van der Waals surface area contributed by atoms with Crippen molar-refractivity contribution in [3.8, 4) is 0 Å². The van der Waals surface area contributed by atoms with Crippen molar-refractivity contribution in [2.75, 3.05) is 19.8 Å². The number of carbonyl (C=O) groups is 1. The first-order chi connectivity index (χ1) is 7.60. The van der Waals surface area contributed by atoms with Crippen molar-refractivity contribution in [3.63, 3.8) is 0 Å². The average Bonchev–Trinajstić information content (AvgIpc) is 2.21. The van der Waals surface area contributed by atoms with E-state index in [-0.39, 0.29) is 13.2 Å². The molecule has 102 valence electrons. The Morgan fingerprint density at radius 1 is 1.47 bits per heavy atom. The van der Waals surface area contributed by atoms with Gasteiger partial charge in [0.05, 0.1) is 13.2 Å². The second-order valence-electron chi connectivity index (χ2n) is 4.09. The highest BCUT2D eigenvalue weighted by Crippen LogP contribution is 2.19. The lowest BCUT2D eigenvalue weighted by Gasteiger charge is -2.27. The van der Waals surface area contributed by atoms with Gasteiger partial charge in [0.25, 0.3) is 0 Å². The summed E-state index contributed by atoms with van der Waals surface area (Å²) in [4.78, 5) is 11.3. The van der Waals surface area contributed by atoms with Crippen LogP contribution in [0.25, 0.3) is 0 Å². The van der Waals surface area contributed by atoms with Crippen molar-refractivity contribution >= 4 is 16.3 Å². The summed E-state index contributed by atoms with van der Waals surface area (Å²) in [6, 6.07) is 0. The molecule has 0 aliphatic carbocycles. The van der Waals surface area contributed by atoms with Gasteiger partial charge < -0.3 is 15.5 Å². The summed E-state index contributed by atoms with van der Waals surface area (Å²) < 4.78 is 32.5. The number of nitrogens with one attached hydrogen (secondary N) is 1. The van der Waals surface area contributed by atoms with Gasteiger partial charge in [0.15, 0.2) is 0 Å². The zero-order valence-electron chi connectivity index (χ0n) is 9.58. The Balaban J connectivity index is 4.04. The normalized spacial score (nSPS) is 14.4. The van der Waals surface area contributed by atoms with E-state index in [9.17, 15) is 18.3 Å². The quantitative estimate of drug-likeness (QED) is 0.320. The predicted octanol–water partition coefficient (Wildman–Crippen LogP) is -1.70. The van der Waals surface area contributed by atoms with Crippen LogP contribution < -0.4 is 5.32 Å². The molecule has 4 N–H and O–H groups in total. The number of aliphatic hydroxyl groups excluding tert-OH is 2. The van der Waals surface area contributed by atoms with Crippen LogP contribution in [0.4, 0.5) is 0 Å². The molecule has 9 heteroatoms. The first-order valence-electron chi connectivity index (χ1n) is 4.78. The highest BCUT2D eigenvalue weighted by molar-refractivity contribution is 7.80. The molecule has 0 heterocycles. The number of carbonyl (C=O) groups excluding carboxylic acids is 1. The lowest BCUT2D eigenvalue weighted by Crippen LogP contribution is -2.46. The summed E-state index contributed by atoms with van der Waals surface area (Å²) in [5, 5.41) is 20.6. The van der Waals surface area contributed by atoms with Gasteiger partial charge in [-0.1, -0.05) is 13.8 Å². The van der Waals surface area contributed by atoms with Gasteiger partial charge in [-0.2, -0.15) is 8.42 Å². The monoisotopic (exact) mass is 271 g/mol. The van der Waals surface area contributed by atoms with Gasteiger partial charge >= 0.3 is 10.4 Å². The fourth-order valence-corrected chi connectivity index (χ4v) is 1.15.